The van der Waals surface area contributed by atoms with Gasteiger partial charge in [-0.25, -0.2) is 12.7 Å². The lowest BCUT2D eigenvalue weighted by Crippen LogP contribution is -2.31. The summed E-state index contributed by atoms with van der Waals surface area (Å²) in [5, 5.41) is 0.949. The van der Waals surface area contributed by atoms with E-state index in [0.29, 0.717) is 14.0 Å². The molecule has 0 spiro atoms. The molecule has 4 nitrogen and oxygen atoms in total. The van der Waals surface area contributed by atoms with E-state index in [9.17, 15) is 13.2 Å². The molecule has 112 valence electrons. The van der Waals surface area contributed by atoms with E-state index in [1.807, 2.05) is 0 Å². The van der Waals surface area contributed by atoms with Crippen LogP contribution < -0.4 is 0 Å². The largest absolute Gasteiger partial charge is 0.271 e. The summed E-state index contributed by atoms with van der Waals surface area (Å²) in [6, 6.07) is 0. The molecule has 0 N–H and O–H groups in total. The molecule has 0 unspecified atom stereocenters. The molecule has 20 heavy (non-hydrogen) atoms. The average Bonchev–Trinajstić information content (AvgIpc) is 2.77. The number of sulfonamides is 1. The number of halogens is 3. The normalized spacial score (nSPS) is 16.8. The maximum atomic E-state index is 12.4. The van der Waals surface area contributed by atoms with Crippen molar-refractivity contribution in [3.8, 4) is 0 Å². The molecule has 2 rings (SSSR count). The minimum Gasteiger partial charge on any atom is -0.268 e. The molecule has 1 aliphatic heterocycles. The number of hydrogen-bond acceptors (Lipinski definition) is 4. The molecule has 0 fully saturated rings. The number of carbonyl (C=O) groups excluding carboxylic acids is 1. The number of nitrogens with zero attached hydrogens (tertiary/aromatic N) is 1. The molecule has 2 heterocycles. The predicted octanol–water partition coefficient (Wildman–Crippen LogP) is 4.37. The van der Waals surface area contributed by atoms with Crippen LogP contribution in [-0.2, 0) is 10.0 Å². The van der Waals surface area contributed by atoms with E-state index in [4.69, 9.17) is 0 Å². The first-order valence-corrected chi connectivity index (χ1v) is 11.0. The molecule has 1 aliphatic rings. The molecule has 0 bridgehead atoms. The van der Waals surface area contributed by atoms with Gasteiger partial charge < -0.3 is 0 Å². The summed E-state index contributed by atoms with van der Waals surface area (Å²) < 4.78 is 26.8. The molecular formula is C11H12Br3NO3S2. The van der Waals surface area contributed by atoms with Gasteiger partial charge in [-0.1, -0.05) is 28.8 Å². The number of alkyl halides is 1. The van der Waals surface area contributed by atoms with Crippen molar-refractivity contribution in [3.63, 3.8) is 0 Å². The molecule has 0 saturated carbocycles. The molecule has 0 radical (unpaired) electrons. The summed E-state index contributed by atoms with van der Waals surface area (Å²) in [4.78, 5) is 12.4. The highest BCUT2D eigenvalue weighted by atomic mass is 79.9. The number of amides is 1. The Morgan fingerprint density at radius 2 is 1.70 bits per heavy atom. The van der Waals surface area contributed by atoms with Gasteiger partial charge in [0.2, 0.25) is 0 Å². The standard InChI is InChI=1S/C11H12Br3NO3S2/c12-5-3-1-2-4-6-15-11(16)7-8(20(15,17)18)10(14)19-9(7)13/h1-6H2. The first kappa shape index (κ1) is 16.9. The Morgan fingerprint density at radius 1 is 1.05 bits per heavy atom. The van der Waals surface area contributed by atoms with Gasteiger partial charge in [0.25, 0.3) is 15.9 Å². The third-order valence-corrected chi connectivity index (χ3v) is 8.35. The quantitative estimate of drug-likeness (QED) is 0.422. The monoisotopic (exact) mass is 507 g/mol. The van der Waals surface area contributed by atoms with Crippen molar-refractivity contribution >= 4 is 75.1 Å². The van der Waals surface area contributed by atoms with Gasteiger partial charge in [0, 0.05) is 11.9 Å². The zero-order chi connectivity index (χ0) is 14.9. The molecule has 9 heteroatoms. The zero-order valence-electron chi connectivity index (χ0n) is 10.4. The van der Waals surface area contributed by atoms with Crippen LogP contribution in [0.1, 0.15) is 36.0 Å². The Bertz CT molecular complexity index is 627. The summed E-state index contributed by atoms with van der Waals surface area (Å²) >= 11 is 11.1. The van der Waals surface area contributed by atoms with Crippen LogP contribution in [0.15, 0.2) is 12.5 Å². The van der Waals surface area contributed by atoms with Crippen molar-refractivity contribution in [3.05, 3.63) is 13.1 Å². The fourth-order valence-electron chi connectivity index (χ4n) is 2.04. The second-order valence-electron chi connectivity index (χ2n) is 4.34. The van der Waals surface area contributed by atoms with Gasteiger partial charge in [-0.15, -0.1) is 11.3 Å². The van der Waals surface area contributed by atoms with Crippen LogP contribution in [0.3, 0.4) is 0 Å². The Labute approximate surface area is 147 Å². The summed E-state index contributed by atoms with van der Waals surface area (Å²) in [6.07, 6.45) is 3.70. The van der Waals surface area contributed by atoms with Crippen molar-refractivity contribution in [2.24, 2.45) is 0 Å². The Kier molecular flexibility index (Phi) is 5.72. The van der Waals surface area contributed by atoms with Crippen LogP contribution in [0, 0.1) is 0 Å². The third-order valence-electron chi connectivity index (χ3n) is 3.01. The number of unbranched alkanes of at least 4 members (excludes halogenated alkanes) is 3. The lowest BCUT2D eigenvalue weighted by molar-refractivity contribution is 0.0869. The Balaban J connectivity index is 2.14. The number of hydrogen-bond donors (Lipinski definition) is 0. The summed E-state index contributed by atoms with van der Waals surface area (Å²) in [5.41, 5.74) is 0.266. The molecular weight excluding hydrogens is 498 g/mol. The topological polar surface area (TPSA) is 54.5 Å². The van der Waals surface area contributed by atoms with Gasteiger partial charge in [-0.2, -0.15) is 0 Å². The maximum absolute atomic E-state index is 12.4. The molecule has 1 amide bonds. The van der Waals surface area contributed by atoms with Crippen LogP contribution in [0.2, 0.25) is 0 Å². The fourth-order valence-corrected chi connectivity index (χ4v) is 8.07. The summed E-state index contributed by atoms with van der Waals surface area (Å²) in [6.45, 7) is 0.252. The van der Waals surface area contributed by atoms with Gasteiger partial charge in [0.1, 0.15) is 4.90 Å². The minimum atomic E-state index is -3.69. The van der Waals surface area contributed by atoms with Crippen LogP contribution >= 0.6 is 59.1 Å². The maximum Gasteiger partial charge on any atom is 0.271 e. The van der Waals surface area contributed by atoms with E-state index < -0.39 is 15.9 Å². The van der Waals surface area contributed by atoms with Crippen molar-refractivity contribution in [1.82, 2.24) is 4.31 Å². The number of rotatable bonds is 6. The van der Waals surface area contributed by atoms with Crippen molar-refractivity contribution < 1.29 is 13.2 Å². The molecule has 0 saturated heterocycles. The fraction of sp³-hybridized carbons (Fsp3) is 0.545. The summed E-state index contributed by atoms with van der Waals surface area (Å²) in [5.74, 6) is -0.422. The Morgan fingerprint density at radius 3 is 2.30 bits per heavy atom. The summed E-state index contributed by atoms with van der Waals surface area (Å²) in [7, 11) is -3.69. The molecule has 1 aromatic rings. The van der Waals surface area contributed by atoms with Gasteiger partial charge in [0.15, 0.2) is 0 Å². The van der Waals surface area contributed by atoms with Crippen molar-refractivity contribution in [1.29, 1.82) is 0 Å². The van der Waals surface area contributed by atoms with E-state index in [1.54, 1.807) is 0 Å². The van der Waals surface area contributed by atoms with Crippen LogP contribution in [0.5, 0.6) is 0 Å². The highest BCUT2D eigenvalue weighted by Gasteiger charge is 2.45. The molecule has 0 aliphatic carbocycles. The SMILES string of the molecule is O=C1c2c(Br)sc(Br)c2S(=O)(=O)N1CCCCCCBr. The van der Waals surface area contributed by atoms with E-state index in [2.05, 4.69) is 47.8 Å². The molecule has 1 aromatic heterocycles. The van der Waals surface area contributed by atoms with Crippen LogP contribution in [-0.4, -0.2) is 30.5 Å². The van der Waals surface area contributed by atoms with Crippen LogP contribution in [0.4, 0.5) is 0 Å². The lowest BCUT2D eigenvalue weighted by Gasteiger charge is -2.15. The molecule has 0 atom stereocenters. The lowest BCUT2D eigenvalue weighted by atomic mass is 10.2. The van der Waals surface area contributed by atoms with E-state index in [1.165, 1.54) is 11.3 Å². The predicted molar refractivity (Wildman–Crippen MR) is 90.2 cm³/mol. The van der Waals surface area contributed by atoms with Crippen LogP contribution in [0.25, 0.3) is 0 Å². The number of carbonyl (C=O) groups is 1. The van der Waals surface area contributed by atoms with Gasteiger partial charge in [-0.05, 0) is 44.7 Å². The van der Waals surface area contributed by atoms with Gasteiger partial charge in [-0.3, -0.25) is 4.79 Å². The second-order valence-corrected chi connectivity index (χ2v) is 10.6. The second kappa shape index (κ2) is 6.76. The van der Waals surface area contributed by atoms with Gasteiger partial charge in [0.05, 0.1) is 13.1 Å². The minimum absolute atomic E-state index is 0.111. The highest BCUT2D eigenvalue weighted by molar-refractivity contribution is 9.12. The third kappa shape index (κ3) is 3.02. The van der Waals surface area contributed by atoms with E-state index >= 15 is 0 Å². The van der Waals surface area contributed by atoms with Crippen molar-refractivity contribution in [2.75, 3.05) is 11.9 Å². The first-order valence-electron chi connectivity index (χ1n) is 6.02. The van der Waals surface area contributed by atoms with E-state index in [-0.39, 0.29) is 17.0 Å². The van der Waals surface area contributed by atoms with Crippen molar-refractivity contribution in [2.45, 2.75) is 30.6 Å². The van der Waals surface area contributed by atoms with Gasteiger partial charge >= 0.3 is 0 Å². The Hall–Kier alpha value is 0.560. The first-order chi connectivity index (χ1) is 9.41. The number of fused-ring (bicyclic) bond motifs is 1. The van der Waals surface area contributed by atoms with E-state index in [0.717, 1.165) is 28.9 Å². The molecule has 0 aromatic carbocycles. The highest BCUT2D eigenvalue weighted by Crippen LogP contribution is 2.45. The average molecular weight is 510 g/mol. The smallest absolute Gasteiger partial charge is 0.268 e. The number of thiophene rings is 1. The zero-order valence-corrected chi connectivity index (χ0v) is 16.8.